The Kier molecular flexibility index (Phi) is 9.94. The number of Topliss-reactive ketones (excluding diaryl/α,β-unsaturated/α-hetero) is 1. The van der Waals surface area contributed by atoms with Crippen LogP contribution < -0.4 is 10.3 Å². The molecule has 5 rings (SSSR count). The van der Waals surface area contributed by atoms with Gasteiger partial charge in [0.05, 0.1) is 30.0 Å². The van der Waals surface area contributed by atoms with Crippen LogP contribution in [0, 0.1) is 23.6 Å². The van der Waals surface area contributed by atoms with Gasteiger partial charge in [0.1, 0.15) is 23.7 Å². The van der Waals surface area contributed by atoms with E-state index in [0.29, 0.717) is 24.2 Å². The minimum atomic E-state index is -4.65. The first-order valence-electron chi connectivity index (χ1n) is 15.3. The van der Waals surface area contributed by atoms with E-state index in [4.69, 9.17) is 9.47 Å². The summed E-state index contributed by atoms with van der Waals surface area (Å²) in [5.74, 6) is -2.85. The lowest BCUT2D eigenvalue weighted by molar-refractivity contribution is -0.150. The summed E-state index contributed by atoms with van der Waals surface area (Å²) in [4.78, 5) is 40.7. The van der Waals surface area contributed by atoms with Crippen molar-refractivity contribution in [3.8, 4) is 5.75 Å². The summed E-state index contributed by atoms with van der Waals surface area (Å²) in [6.45, 7) is 6.73. The molecule has 0 N–H and O–H groups in total. The molecular formula is C34H35F4N3O5Si. The lowest BCUT2D eigenvalue weighted by atomic mass is 9.84. The average Bonchev–Trinajstić information content (AvgIpc) is 3.44. The number of nitrogens with zero attached hydrogens (tertiary/aromatic N) is 3. The van der Waals surface area contributed by atoms with Crippen LogP contribution in [0.15, 0.2) is 71.5 Å². The summed E-state index contributed by atoms with van der Waals surface area (Å²) in [6.07, 6.45) is -3.92. The van der Waals surface area contributed by atoms with E-state index in [9.17, 15) is 31.9 Å². The predicted molar refractivity (Wildman–Crippen MR) is 169 cm³/mol. The maximum atomic E-state index is 13.8. The fourth-order valence-corrected chi connectivity index (χ4v) is 6.48. The first kappa shape index (κ1) is 34.0. The number of esters is 1. The van der Waals surface area contributed by atoms with Crippen LogP contribution in [-0.4, -0.2) is 41.4 Å². The van der Waals surface area contributed by atoms with Crippen LogP contribution >= 0.6 is 0 Å². The zero-order valence-electron chi connectivity index (χ0n) is 26.2. The van der Waals surface area contributed by atoms with Gasteiger partial charge in [0.15, 0.2) is 5.78 Å². The third kappa shape index (κ3) is 8.31. The Morgan fingerprint density at radius 2 is 1.68 bits per heavy atom. The van der Waals surface area contributed by atoms with Crippen LogP contribution in [0.4, 0.5) is 17.6 Å². The molecule has 47 heavy (non-hydrogen) atoms. The second-order valence-electron chi connectivity index (χ2n) is 13.1. The van der Waals surface area contributed by atoms with Gasteiger partial charge in [-0.05, 0) is 85.0 Å². The predicted octanol–water partition coefficient (Wildman–Crippen LogP) is 6.94. The van der Waals surface area contributed by atoms with Gasteiger partial charge in [-0.15, -0.1) is 5.10 Å². The van der Waals surface area contributed by atoms with E-state index >= 15 is 0 Å². The van der Waals surface area contributed by atoms with E-state index in [1.807, 2.05) is 0 Å². The molecule has 1 fully saturated rings. The number of benzene rings is 3. The molecule has 3 atom stereocenters. The van der Waals surface area contributed by atoms with Crippen molar-refractivity contribution in [2.24, 2.45) is 17.8 Å². The van der Waals surface area contributed by atoms with E-state index < -0.39 is 49.1 Å². The van der Waals surface area contributed by atoms with Gasteiger partial charge >= 0.3 is 12.1 Å². The van der Waals surface area contributed by atoms with Gasteiger partial charge in [0, 0.05) is 19.6 Å². The first-order valence-corrected chi connectivity index (χ1v) is 19.0. The van der Waals surface area contributed by atoms with Gasteiger partial charge in [-0.3, -0.25) is 14.4 Å². The molecule has 0 amide bonds. The highest BCUT2D eigenvalue weighted by atomic mass is 28.3. The highest BCUT2D eigenvalue weighted by Crippen LogP contribution is 2.41. The number of aromatic nitrogens is 3. The van der Waals surface area contributed by atoms with Crippen LogP contribution in [0.2, 0.25) is 25.7 Å². The lowest BCUT2D eigenvalue weighted by Gasteiger charge is -2.24. The van der Waals surface area contributed by atoms with Gasteiger partial charge in [-0.25, -0.2) is 9.07 Å². The quantitative estimate of drug-likeness (QED) is 0.0739. The number of hydrogen-bond acceptors (Lipinski definition) is 7. The molecule has 13 heteroatoms. The van der Waals surface area contributed by atoms with Crippen molar-refractivity contribution in [2.75, 3.05) is 6.61 Å². The van der Waals surface area contributed by atoms with Crippen LogP contribution in [0.3, 0.4) is 0 Å². The number of carbonyl (C=O) groups excluding carboxylic acids is 2. The zero-order chi connectivity index (χ0) is 33.9. The largest absolute Gasteiger partial charge is 0.489 e. The third-order valence-electron chi connectivity index (χ3n) is 8.41. The molecule has 0 aliphatic heterocycles. The van der Waals surface area contributed by atoms with Gasteiger partial charge in [-0.1, -0.05) is 37.0 Å². The first-order chi connectivity index (χ1) is 22.2. The molecule has 0 bridgehead atoms. The monoisotopic (exact) mass is 669 g/mol. The molecule has 0 spiro atoms. The lowest BCUT2D eigenvalue weighted by Crippen LogP contribution is -2.36. The van der Waals surface area contributed by atoms with Crippen molar-refractivity contribution >= 4 is 30.7 Å². The minimum Gasteiger partial charge on any atom is -0.489 e. The highest BCUT2D eigenvalue weighted by molar-refractivity contribution is 6.76. The smallest absolute Gasteiger partial charge is 0.416 e. The number of ketones is 1. The molecule has 248 valence electrons. The van der Waals surface area contributed by atoms with Gasteiger partial charge in [0.25, 0.3) is 5.56 Å². The fourth-order valence-electron chi connectivity index (χ4n) is 5.76. The second kappa shape index (κ2) is 13.8. The summed E-state index contributed by atoms with van der Waals surface area (Å²) >= 11 is 0. The molecule has 4 aromatic rings. The van der Waals surface area contributed by atoms with Crippen LogP contribution in [-0.2, 0) is 28.9 Å². The molecule has 3 unspecified atom stereocenters. The van der Waals surface area contributed by atoms with E-state index in [1.165, 1.54) is 12.1 Å². The number of carbonyl (C=O) groups is 2. The maximum absolute atomic E-state index is 13.8. The summed E-state index contributed by atoms with van der Waals surface area (Å²) in [5, 5.41) is 7.64. The molecular weight excluding hydrogens is 634 g/mol. The van der Waals surface area contributed by atoms with Crippen molar-refractivity contribution in [2.45, 2.75) is 57.9 Å². The molecule has 1 aliphatic carbocycles. The summed E-state index contributed by atoms with van der Waals surface area (Å²) in [6, 6.07) is 15.8. The van der Waals surface area contributed by atoms with Gasteiger partial charge < -0.3 is 9.47 Å². The average molecular weight is 670 g/mol. The second-order valence-corrected chi connectivity index (χ2v) is 18.7. The zero-order valence-corrected chi connectivity index (χ0v) is 27.2. The Morgan fingerprint density at radius 3 is 2.34 bits per heavy atom. The maximum Gasteiger partial charge on any atom is 0.416 e. The van der Waals surface area contributed by atoms with Gasteiger partial charge in [0.2, 0.25) is 0 Å². The Labute approximate surface area is 269 Å². The molecule has 3 aromatic carbocycles. The standard InChI is InChI=1S/C34H35F4N3O5Si/c1-47(2,3)17-16-45-33(44)30-23(19-41-32(43)28-18-24(34(36,37)38)9-15-29(28)39-40-41)8-14-27(30)31(42)22-6-12-26(13-7-22)46-20-21-4-10-25(35)11-5-21/h4-7,9-13,15,18,23,27,30H,8,14,16-17,19-20H2,1-3H3. The van der Waals surface area contributed by atoms with E-state index in [1.54, 1.807) is 36.4 Å². The number of hydrogen-bond donors (Lipinski definition) is 0. The SMILES string of the molecule is C[Si](C)(C)CCOC(=O)C1C(Cn2nnc3ccc(C(F)(F)F)cc3c2=O)CCC1C(=O)c1ccc(OCc2ccc(F)cc2)cc1. The minimum absolute atomic E-state index is 0.0196. The number of alkyl halides is 3. The summed E-state index contributed by atoms with van der Waals surface area (Å²) in [7, 11) is -1.54. The molecule has 0 radical (unpaired) electrons. The van der Waals surface area contributed by atoms with Gasteiger partial charge in [-0.2, -0.15) is 13.2 Å². The Hall–Kier alpha value is -4.39. The number of halogens is 4. The van der Waals surface area contributed by atoms with Crippen molar-refractivity contribution in [1.29, 1.82) is 0 Å². The number of fused-ring (bicyclic) bond motifs is 1. The Bertz CT molecular complexity index is 1800. The van der Waals surface area contributed by atoms with Crippen molar-refractivity contribution in [3.05, 3.63) is 99.6 Å². The highest BCUT2D eigenvalue weighted by Gasteiger charge is 2.46. The number of rotatable bonds is 11. The fraction of sp³-hybridized carbons (Fsp3) is 0.382. The summed E-state index contributed by atoms with van der Waals surface area (Å²) in [5.41, 5.74) is -0.588. The normalized spacial score (nSPS) is 18.3. The molecule has 0 saturated heterocycles. The third-order valence-corrected chi connectivity index (χ3v) is 10.1. The molecule has 1 saturated carbocycles. The van der Waals surface area contributed by atoms with Crippen molar-refractivity contribution in [3.63, 3.8) is 0 Å². The summed E-state index contributed by atoms with van der Waals surface area (Å²) < 4.78 is 65.7. The Morgan fingerprint density at radius 1 is 0.979 bits per heavy atom. The molecule has 8 nitrogen and oxygen atoms in total. The topological polar surface area (TPSA) is 100 Å². The van der Waals surface area contributed by atoms with Crippen LogP contribution in [0.5, 0.6) is 5.75 Å². The van der Waals surface area contributed by atoms with E-state index in [-0.39, 0.29) is 42.3 Å². The van der Waals surface area contributed by atoms with Crippen LogP contribution in [0.1, 0.15) is 34.3 Å². The van der Waals surface area contributed by atoms with Crippen molar-refractivity contribution in [1.82, 2.24) is 15.0 Å². The molecule has 1 aliphatic rings. The Balaban J connectivity index is 1.36. The van der Waals surface area contributed by atoms with Crippen molar-refractivity contribution < 1.29 is 36.6 Å². The molecule has 1 heterocycles. The molecule has 1 aromatic heterocycles. The van der Waals surface area contributed by atoms with Crippen LogP contribution in [0.25, 0.3) is 10.9 Å². The number of ether oxygens (including phenoxy) is 2. The van der Waals surface area contributed by atoms with E-state index in [2.05, 4.69) is 30.0 Å². The van der Waals surface area contributed by atoms with E-state index in [0.717, 1.165) is 34.5 Å².